The lowest BCUT2D eigenvalue weighted by Crippen LogP contribution is -2.38. The van der Waals surface area contributed by atoms with E-state index < -0.39 is 24.1 Å². The molecule has 262 valence electrons. The van der Waals surface area contributed by atoms with E-state index in [1.807, 2.05) is 0 Å². The topological polar surface area (TPSA) is 284 Å². The van der Waals surface area contributed by atoms with E-state index >= 15 is 0 Å². The zero-order valence-electron chi connectivity index (χ0n) is 26.8. The molecule has 0 radical (unpaired) electrons. The van der Waals surface area contributed by atoms with Gasteiger partial charge in [0, 0.05) is 19.1 Å². The molecule has 0 spiro atoms. The number of aromatic nitrogens is 2. The number of aliphatic hydroxyl groups excluding tert-OH is 2. The third kappa shape index (κ3) is 16.8. The third-order valence-corrected chi connectivity index (χ3v) is 7.10. The number of nitrogens with zero attached hydrogens (tertiary/aromatic N) is 3. The van der Waals surface area contributed by atoms with Crippen molar-refractivity contribution < 1.29 is 34.8 Å². The number of halogens is 1. The van der Waals surface area contributed by atoms with Gasteiger partial charge in [-0.1, -0.05) is 62.6 Å². The van der Waals surface area contributed by atoms with Crippen molar-refractivity contribution in [1.29, 1.82) is 0 Å². The van der Waals surface area contributed by atoms with Crippen LogP contribution < -0.4 is 33.2 Å². The van der Waals surface area contributed by atoms with Crippen molar-refractivity contribution in [2.24, 2.45) is 10.7 Å². The van der Waals surface area contributed by atoms with Crippen molar-refractivity contribution in [3.8, 4) is 5.75 Å². The highest BCUT2D eigenvalue weighted by Crippen LogP contribution is 2.26. The average Bonchev–Trinajstić information content (AvgIpc) is 3.01. The van der Waals surface area contributed by atoms with Crippen LogP contribution in [-0.4, -0.2) is 79.9 Å². The van der Waals surface area contributed by atoms with Gasteiger partial charge in [0.25, 0.3) is 5.91 Å². The molecule has 0 unspecified atom stereocenters. The molecule has 0 saturated carbocycles. The number of amides is 2. The van der Waals surface area contributed by atoms with Crippen LogP contribution in [0.25, 0.3) is 0 Å². The van der Waals surface area contributed by atoms with Gasteiger partial charge in [-0.25, -0.2) is 14.8 Å². The minimum atomic E-state index is -1.23. The Morgan fingerprint density at radius 1 is 1.00 bits per heavy atom. The number of aliphatic imine (C=N–C) groups is 1. The fourth-order valence-corrected chi connectivity index (χ4v) is 4.25. The monoisotopic (exact) mass is 681 g/mol. The summed E-state index contributed by atoms with van der Waals surface area (Å²) in [6.45, 7) is 4.18. The summed E-state index contributed by atoms with van der Waals surface area (Å²) in [5.41, 5.74) is 17.7. The van der Waals surface area contributed by atoms with Gasteiger partial charge >= 0.3 is 5.97 Å². The van der Waals surface area contributed by atoms with Gasteiger partial charge in [-0.05, 0) is 44.4 Å². The van der Waals surface area contributed by atoms with Crippen LogP contribution in [0.3, 0.4) is 0 Å². The Kier molecular flexibility index (Phi) is 19.4. The minimum absolute atomic E-state index is 0.0243. The number of aliphatic hydroxyl groups is 2. The van der Waals surface area contributed by atoms with Crippen molar-refractivity contribution in [1.82, 2.24) is 20.6 Å². The van der Waals surface area contributed by atoms with E-state index in [4.69, 9.17) is 39.0 Å². The third-order valence-electron chi connectivity index (χ3n) is 6.83. The molecular weight excluding hydrogens is 634 g/mol. The van der Waals surface area contributed by atoms with Gasteiger partial charge in [0.05, 0.1) is 11.8 Å². The highest BCUT2D eigenvalue weighted by atomic mass is 35.5. The number of aliphatic carboxylic acids is 1. The molecule has 0 aliphatic rings. The van der Waals surface area contributed by atoms with Gasteiger partial charge in [0.15, 0.2) is 28.4 Å². The van der Waals surface area contributed by atoms with E-state index in [2.05, 4.69) is 37.8 Å². The van der Waals surface area contributed by atoms with Crippen LogP contribution in [0.1, 0.15) is 93.8 Å². The summed E-state index contributed by atoms with van der Waals surface area (Å²) in [6, 6.07) is 4.92. The van der Waals surface area contributed by atoms with E-state index in [-0.39, 0.29) is 45.9 Å². The molecule has 2 aromatic rings. The first-order valence-corrected chi connectivity index (χ1v) is 15.7. The number of nitrogens with one attached hydrogen (secondary N) is 3. The number of rotatable bonds is 19. The number of phenolic OH excluding ortho intramolecular Hbond substituents is 1. The average molecular weight is 682 g/mol. The van der Waals surface area contributed by atoms with Crippen LogP contribution in [0, 0.1) is 0 Å². The van der Waals surface area contributed by atoms with Gasteiger partial charge < -0.3 is 48.3 Å². The maximum absolute atomic E-state index is 12.2. The van der Waals surface area contributed by atoms with Crippen LogP contribution in [0.4, 0.5) is 17.3 Å². The van der Waals surface area contributed by atoms with E-state index in [9.17, 15) is 24.6 Å². The summed E-state index contributed by atoms with van der Waals surface area (Å²) in [4.78, 5) is 44.1. The largest absolute Gasteiger partial charge is 0.506 e. The molecule has 1 aromatic heterocycles. The molecule has 1 heterocycles. The number of nitrogens with two attached hydrogens (primary N) is 3. The maximum Gasteiger partial charge on any atom is 0.332 e. The predicted molar refractivity (Wildman–Crippen MR) is 181 cm³/mol. The van der Waals surface area contributed by atoms with Crippen LogP contribution in [0.2, 0.25) is 5.15 Å². The van der Waals surface area contributed by atoms with Gasteiger partial charge in [0.2, 0.25) is 6.41 Å². The van der Waals surface area contributed by atoms with Crippen LogP contribution in [-0.2, 0) is 9.59 Å². The number of carboxylic acid groups (broad SMARTS) is 1. The number of phenols is 1. The Morgan fingerprint density at radius 3 is 2.19 bits per heavy atom. The lowest BCUT2D eigenvalue weighted by molar-refractivity contribution is -0.145. The highest BCUT2D eigenvalue weighted by Gasteiger charge is 2.17. The minimum Gasteiger partial charge on any atom is -0.506 e. The number of anilines is 3. The number of hydrogen-bond donors (Lipinski definition) is 10. The lowest BCUT2D eigenvalue weighted by atomic mass is 10.0. The standard InChI is InChI=1S/C27H42ClN9O4.C3H6O3/c1-17(33-15-21(40)18-11-12-20(39)19(14-18)34-16-38)10-8-6-4-2-3-5-7-9-13-32-27(31)37-26(41)22-24(29)36-25(30)23(28)35-22;1-2(4)3(5)6/h11-12,14,16-17,21,33,39-40H,2-10,13,15H2,1H3,(H,34,38)(H4,29,30,36)(H3,31,32,37,41);2,4H,1H3,(H,5,6)/t17-,21+;2-/m10/s1. The second-order valence-electron chi connectivity index (χ2n) is 10.8. The predicted octanol–water partition coefficient (Wildman–Crippen LogP) is 2.29. The second kappa shape index (κ2) is 22.3. The Bertz CT molecular complexity index is 1310. The lowest BCUT2D eigenvalue weighted by Gasteiger charge is -2.18. The molecule has 17 heteroatoms. The number of benzene rings is 1. The van der Waals surface area contributed by atoms with E-state index in [1.54, 1.807) is 12.1 Å². The van der Waals surface area contributed by atoms with Crippen molar-refractivity contribution in [2.45, 2.75) is 89.9 Å². The molecule has 1 aromatic carbocycles. The molecule has 47 heavy (non-hydrogen) atoms. The first-order valence-electron chi connectivity index (χ1n) is 15.3. The molecule has 0 fully saturated rings. The molecule has 16 nitrogen and oxygen atoms in total. The normalized spacial score (nSPS) is 13.1. The first-order chi connectivity index (χ1) is 22.3. The molecule has 13 N–H and O–H groups in total. The Hall–Kier alpha value is -4.25. The summed E-state index contributed by atoms with van der Waals surface area (Å²) in [7, 11) is 0. The fraction of sp³-hybridized carbons (Fsp3) is 0.533. The Morgan fingerprint density at radius 2 is 1.60 bits per heavy atom. The van der Waals surface area contributed by atoms with Gasteiger partial charge in [0.1, 0.15) is 11.9 Å². The number of carbonyl (C=O) groups is 3. The fourth-order valence-electron chi connectivity index (χ4n) is 4.12. The highest BCUT2D eigenvalue weighted by molar-refractivity contribution is 6.31. The van der Waals surface area contributed by atoms with Crippen molar-refractivity contribution >= 4 is 53.2 Å². The molecule has 0 saturated heterocycles. The first kappa shape index (κ1) is 40.8. The molecule has 0 aliphatic carbocycles. The number of guanidine groups is 1. The number of aromatic hydroxyl groups is 1. The summed E-state index contributed by atoms with van der Waals surface area (Å²) >= 11 is 5.79. The molecule has 0 bridgehead atoms. The van der Waals surface area contributed by atoms with Crippen LogP contribution in [0.5, 0.6) is 5.75 Å². The Balaban J connectivity index is 0.00000167. The van der Waals surface area contributed by atoms with Crippen LogP contribution in [0.15, 0.2) is 23.2 Å². The van der Waals surface area contributed by atoms with Gasteiger partial charge in [-0.3, -0.25) is 19.9 Å². The maximum atomic E-state index is 12.2. The summed E-state index contributed by atoms with van der Waals surface area (Å²) in [6.07, 6.45) is 8.28. The zero-order chi connectivity index (χ0) is 35.4. The number of nitrogen functional groups attached to an aromatic ring is 2. The van der Waals surface area contributed by atoms with Crippen molar-refractivity contribution in [2.75, 3.05) is 29.9 Å². The van der Waals surface area contributed by atoms with Gasteiger partial charge in [-0.2, -0.15) is 0 Å². The second-order valence-corrected chi connectivity index (χ2v) is 11.2. The Labute approximate surface area is 279 Å². The van der Waals surface area contributed by atoms with Crippen molar-refractivity contribution in [3.63, 3.8) is 0 Å². The molecule has 3 atom stereocenters. The number of carbonyl (C=O) groups excluding carboxylic acids is 2. The zero-order valence-corrected chi connectivity index (χ0v) is 27.5. The molecule has 0 aliphatic heterocycles. The number of carboxylic acids is 1. The molecule has 2 amide bonds. The number of unbranched alkanes of at least 4 members (excludes halogenated alkanes) is 7. The SMILES string of the molecule is C[C@H](CCCCCCCCCCN=C(N)NC(=O)c1nc(Cl)c(N)nc1N)NC[C@H](O)c1ccc(O)c(NC=O)c1.C[C@H](O)C(=O)O. The summed E-state index contributed by atoms with van der Waals surface area (Å²) < 4.78 is 0. The molecular formula is C30H48ClN9O7. The van der Waals surface area contributed by atoms with E-state index in [1.165, 1.54) is 25.8 Å². The van der Waals surface area contributed by atoms with Crippen LogP contribution >= 0.6 is 11.6 Å². The summed E-state index contributed by atoms with van der Waals surface area (Å²) in [5.74, 6) is -2.11. The smallest absolute Gasteiger partial charge is 0.332 e. The number of hydrogen-bond acceptors (Lipinski definition) is 12. The summed E-state index contributed by atoms with van der Waals surface area (Å²) in [5, 5.41) is 44.0. The quantitative estimate of drug-likeness (QED) is 0.0335. The van der Waals surface area contributed by atoms with E-state index in [0.717, 1.165) is 44.9 Å². The van der Waals surface area contributed by atoms with E-state index in [0.29, 0.717) is 25.1 Å². The van der Waals surface area contributed by atoms with Gasteiger partial charge in [-0.15, -0.1) is 0 Å². The molecule has 2 rings (SSSR count). The van der Waals surface area contributed by atoms with Crippen molar-refractivity contribution in [3.05, 3.63) is 34.6 Å².